The van der Waals surface area contributed by atoms with E-state index in [-0.39, 0.29) is 24.3 Å². The number of aliphatic hydroxyl groups excluding tert-OH is 1. The quantitative estimate of drug-likeness (QED) is 0.318. The molecule has 2 aromatic rings. The minimum Gasteiger partial charge on any atom is -0.396 e. The van der Waals surface area contributed by atoms with E-state index in [0.717, 1.165) is 31.6 Å². The second-order valence-corrected chi connectivity index (χ2v) is 11.3. The molecule has 0 radical (unpaired) electrons. The summed E-state index contributed by atoms with van der Waals surface area (Å²) in [6.07, 6.45) is 3.89. The van der Waals surface area contributed by atoms with Gasteiger partial charge in [0.15, 0.2) is 0 Å². The first-order valence-electron chi connectivity index (χ1n) is 15.0. The van der Waals surface area contributed by atoms with Crippen LogP contribution in [-0.2, 0) is 19.1 Å². The van der Waals surface area contributed by atoms with Crippen molar-refractivity contribution in [1.82, 2.24) is 4.90 Å². The number of para-hydroxylation sites is 1. The molecule has 3 amide bonds. The van der Waals surface area contributed by atoms with Gasteiger partial charge in [0.1, 0.15) is 11.6 Å². The van der Waals surface area contributed by atoms with E-state index < -0.39 is 29.6 Å². The number of ether oxygens (including phenoxy) is 1. The van der Waals surface area contributed by atoms with Gasteiger partial charge in [-0.3, -0.25) is 14.4 Å². The SMILES string of the molecule is CCN(CC)c1ccc(NC(=O)C2N(CCCCCCO)C(=O)[C@@H]3[C@@H](C(=O)Nc4ccccc4)[C@H]4CCC23O4)cc1. The van der Waals surface area contributed by atoms with Crippen LogP contribution in [0.5, 0.6) is 0 Å². The lowest BCUT2D eigenvalue weighted by atomic mass is 9.70. The normalized spacial score (nSPS) is 26.2. The molecule has 5 atom stereocenters. The van der Waals surface area contributed by atoms with E-state index in [4.69, 9.17) is 9.84 Å². The van der Waals surface area contributed by atoms with Crippen molar-refractivity contribution in [3.8, 4) is 0 Å². The lowest BCUT2D eigenvalue weighted by Gasteiger charge is -2.33. The highest BCUT2D eigenvalue weighted by molar-refractivity contribution is 6.05. The number of hydrogen-bond donors (Lipinski definition) is 3. The molecule has 3 saturated heterocycles. The number of rotatable bonds is 13. The maximum atomic E-state index is 14.1. The summed E-state index contributed by atoms with van der Waals surface area (Å²) in [5.41, 5.74) is 1.38. The maximum Gasteiger partial charge on any atom is 0.250 e. The highest BCUT2D eigenvalue weighted by Gasteiger charge is 2.74. The summed E-state index contributed by atoms with van der Waals surface area (Å²) in [5.74, 6) is -2.06. The number of likely N-dealkylation sites (tertiary alicyclic amines) is 1. The first-order valence-corrected chi connectivity index (χ1v) is 15.0. The molecule has 5 rings (SSSR count). The van der Waals surface area contributed by atoms with Crippen LogP contribution >= 0.6 is 0 Å². The summed E-state index contributed by atoms with van der Waals surface area (Å²) < 4.78 is 6.53. The molecule has 3 heterocycles. The summed E-state index contributed by atoms with van der Waals surface area (Å²) in [6, 6.07) is 16.2. The number of amides is 3. The number of carbonyl (C=O) groups excluding carboxylic acids is 3. The largest absolute Gasteiger partial charge is 0.396 e. The number of hydrogen-bond acceptors (Lipinski definition) is 6. The van der Waals surface area contributed by atoms with E-state index in [0.29, 0.717) is 43.6 Å². The Labute approximate surface area is 242 Å². The molecule has 3 fully saturated rings. The zero-order chi connectivity index (χ0) is 29.0. The van der Waals surface area contributed by atoms with Crippen LogP contribution in [-0.4, -0.2) is 71.7 Å². The van der Waals surface area contributed by atoms with Gasteiger partial charge in [-0.25, -0.2) is 0 Å². The Morgan fingerprint density at radius 3 is 2.29 bits per heavy atom. The molecule has 9 heteroatoms. The molecule has 0 aliphatic carbocycles. The zero-order valence-corrected chi connectivity index (χ0v) is 24.1. The number of nitrogens with zero attached hydrogens (tertiary/aromatic N) is 2. The third-order valence-corrected chi connectivity index (χ3v) is 8.96. The van der Waals surface area contributed by atoms with Crippen molar-refractivity contribution in [3.63, 3.8) is 0 Å². The van der Waals surface area contributed by atoms with Crippen LogP contribution in [0.25, 0.3) is 0 Å². The van der Waals surface area contributed by atoms with Crippen LogP contribution in [0.15, 0.2) is 54.6 Å². The molecule has 0 aromatic heterocycles. The number of anilines is 3. The minimum atomic E-state index is -1.03. The van der Waals surface area contributed by atoms with Crippen LogP contribution in [0.2, 0.25) is 0 Å². The van der Waals surface area contributed by atoms with Crippen molar-refractivity contribution in [3.05, 3.63) is 54.6 Å². The molecule has 2 bridgehead atoms. The number of benzene rings is 2. The van der Waals surface area contributed by atoms with Gasteiger partial charge in [-0.15, -0.1) is 0 Å². The van der Waals surface area contributed by atoms with E-state index in [1.807, 2.05) is 54.6 Å². The van der Waals surface area contributed by atoms with Crippen LogP contribution in [0.3, 0.4) is 0 Å². The molecule has 9 nitrogen and oxygen atoms in total. The Morgan fingerprint density at radius 2 is 1.61 bits per heavy atom. The summed E-state index contributed by atoms with van der Waals surface area (Å²) in [6.45, 7) is 6.53. The van der Waals surface area contributed by atoms with E-state index >= 15 is 0 Å². The number of aliphatic hydroxyl groups is 1. The number of carbonyl (C=O) groups is 3. The van der Waals surface area contributed by atoms with Gasteiger partial charge >= 0.3 is 0 Å². The molecule has 0 saturated carbocycles. The first kappa shape index (κ1) is 29.1. The predicted octanol–water partition coefficient (Wildman–Crippen LogP) is 4.04. The van der Waals surface area contributed by atoms with Crippen molar-refractivity contribution >= 4 is 34.8 Å². The van der Waals surface area contributed by atoms with Gasteiger partial charge in [0.05, 0.1) is 17.9 Å². The molecule has 3 N–H and O–H groups in total. The van der Waals surface area contributed by atoms with E-state index in [2.05, 4.69) is 29.4 Å². The summed E-state index contributed by atoms with van der Waals surface area (Å²) in [7, 11) is 0. The molecule has 2 unspecified atom stereocenters. The fourth-order valence-electron chi connectivity index (χ4n) is 7.04. The summed E-state index contributed by atoms with van der Waals surface area (Å²) >= 11 is 0. The van der Waals surface area contributed by atoms with Gasteiger partial charge in [-0.05, 0) is 75.9 Å². The van der Waals surface area contributed by atoms with Crippen LogP contribution in [0.4, 0.5) is 17.1 Å². The van der Waals surface area contributed by atoms with Gasteiger partial charge in [-0.1, -0.05) is 31.0 Å². The molecule has 2 aromatic carbocycles. The smallest absolute Gasteiger partial charge is 0.250 e. The molecule has 3 aliphatic heterocycles. The average molecular weight is 563 g/mol. The van der Waals surface area contributed by atoms with Crippen molar-refractivity contribution in [2.75, 3.05) is 41.8 Å². The Hall–Kier alpha value is -3.43. The number of unbranched alkanes of at least 4 members (excludes halogenated alkanes) is 3. The van der Waals surface area contributed by atoms with Crippen molar-refractivity contribution in [2.45, 2.75) is 70.1 Å². The Kier molecular flexibility index (Phi) is 8.94. The highest BCUT2D eigenvalue weighted by atomic mass is 16.5. The topological polar surface area (TPSA) is 111 Å². The van der Waals surface area contributed by atoms with Crippen molar-refractivity contribution < 1.29 is 24.2 Å². The second kappa shape index (κ2) is 12.6. The number of fused-ring (bicyclic) bond motifs is 1. The predicted molar refractivity (Wildman–Crippen MR) is 159 cm³/mol. The third kappa shape index (κ3) is 5.57. The lowest BCUT2D eigenvalue weighted by molar-refractivity contribution is -0.139. The monoisotopic (exact) mass is 562 g/mol. The van der Waals surface area contributed by atoms with E-state index in [1.165, 1.54) is 0 Å². The van der Waals surface area contributed by atoms with Gasteiger partial charge in [-0.2, -0.15) is 0 Å². The Balaban J connectivity index is 1.39. The van der Waals surface area contributed by atoms with Gasteiger partial charge in [0.25, 0.3) is 0 Å². The fraction of sp³-hybridized carbons (Fsp3) is 0.531. The standard InChI is InChI=1S/C32H42N4O5/c1-3-35(4-2)24-16-14-23(15-17-24)34-30(39)28-32-19-18-25(41-32)26(29(38)33-22-12-8-7-9-13-22)27(32)31(40)36(28)20-10-5-6-11-21-37/h7-9,12-17,25-28,37H,3-6,10-11,18-21H2,1-2H3,(H,33,38)(H,34,39)/t25-,26+,27+,28?,32?/m1/s1. The second-order valence-electron chi connectivity index (χ2n) is 11.3. The maximum absolute atomic E-state index is 14.1. The summed E-state index contributed by atoms with van der Waals surface area (Å²) in [5, 5.41) is 15.2. The van der Waals surface area contributed by atoms with E-state index in [1.54, 1.807) is 4.90 Å². The van der Waals surface area contributed by atoms with E-state index in [9.17, 15) is 14.4 Å². The van der Waals surface area contributed by atoms with Gasteiger partial charge < -0.3 is 30.3 Å². The molecule has 1 spiro atoms. The fourth-order valence-corrected chi connectivity index (χ4v) is 7.04. The van der Waals surface area contributed by atoms with Crippen LogP contribution in [0, 0.1) is 11.8 Å². The minimum absolute atomic E-state index is 0.138. The van der Waals surface area contributed by atoms with Gasteiger partial charge in [0, 0.05) is 43.3 Å². The Morgan fingerprint density at radius 1 is 0.951 bits per heavy atom. The lowest BCUT2D eigenvalue weighted by Crippen LogP contribution is -2.53. The first-order chi connectivity index (χ1) is 19.9. The van der Waals surface area contributed by atoms with Crippen LogP contribution < -0.4 is 15.5 Å². The van der Waals surface area contributed by atoms with Crippen molar-refractivity contribution in [2.24, 2.45) is 11.8 Å². The third-order valence-electron chi connectivity index (χ3n) is 8.96. The molecule has 41 heavy (non-hydrogen) atoms. The molecule has 3 aliphatic rings. The average Bonchev–Trinajstić information content (AvgIpc) is 3.62. The Bertz CT molecular complexity index is 1220. The zero-order valence-electron chi connectivity index (χ0n) is 24.1. The number of nitrogens with one attached hydrogen (secondary N) is 2. The highest BCUT2D eigenvalue weighted by Crippen LogP contribution is 2.58. The summed E-state index contributed by atoms with van der Waals surface area (Å²) in [4.78, 5) is 45.5. The van der Waals surface area contributed by atoms with Crippen LogP contribution in [0.1, 0.15) is 52.4 Å². The molecule has 220 valence electrons. The van der Waals surface area contributed by atoms with Crippen molar-refractivity contribution in [1.29, 1.82) is 0 Å². The van der Waals surface area contributed by atoms with Gasteiger partial charge in [0.2, 0.25) is 17.7 Å². The molecular weight excluding hydrogens is 520 g/mol. The molecular formula is C32H42N4O5.